The number of hydrogen-bond acceptors (Lipinski definition) is 6. The Bertz CT molecular complexity index is 1100. The summed E-state index contributed by atoms with van der Waals surface area (Å²) in [5, 5.41) is 0. The summed E-state index contributed by atoms with van der Waals surface area (Å²) in [6.07, 6.45) is 59.2. The maximum absolute atomic E-state index is 12.8. The number of rotatable bonds is 45. The van der Waals surface area contributed by atoms with Gasteiger partial charge in [-0.25, -0.2) is 0 Å². The molecule has 0 saturated carbocycles. The van der Waals surface area contributed by atoms with Crippen molar-refractivity contribution in [2.24, 2.45) is 0 Å². The molecule has 0 aliphatic rings. The van der Waals surface area contributed by atoms with Gasteiger partial charge in [0.25, 0.3) is 0 Å². The maximum Gasteiger partial charge on any atom is 0.306 e. The summed E-state index contributed by atoms with van der Waals surface area (Å²) in [5.74, 6) is -0.923. The second kappa shape index (κ2) is 48.8. The molecule has 0 bridgehead atoms. The number of allylic oxidation sites excluding steroid dienone is 10. The van der Waals surface area contributed by atoms with E-state index in [0.29, 0.717) is 19.3 Å². The maximum atomic E-state index is 12.8. The number of hydrogen-bond donors (Lipinski definition) is 0. The zero-order chi connectivity index (χ0) is 43.7. The average molecular weight is 839 g/mol. The lowest BCUT2D eigenvalue weighted by atomic mass is 10.1. The van der Waals surface area contributed by atoms with E-state index in [9.17, 15) is 14.4 Å². The van der Waals surface area contributed by atoms with Crippen LogP contribution in [0.15, 0.2) is 60.8 Å². The molecule has 0 saturated heterocycles. The van der Waals surface area contributed by atoms with Crippen LogP contribution in [0.25, 0.3) is 0 Å². The van der Waals surface area contributed by atoms with Crippen molar-refractivity contribution in [2.45, 2.75) is 252 Å². The lowest BCUT2D eigenvalue weighted by molar-refractivity contribution is -0.167. The molecule has 0 aromatic carbocycles. The van der Waals surface area contributed by atoms with Crippen molar-refractivity contribution in [1.82, 2.24) is 0 Å². The first-order valence-electron chi connectivity index (χ1n) is 25.3. The van der Waals surface area contributed by atoms with E-state index >= 15 is 0 Å². The Balaban J connectivity index is 4.39. The van der Waals surface area contributed by atoms with Crippen molar-refractivity contribution < 1.29 is 28.6 Å². The van der Waals surface area contributed by atoms with Crippen LogP contribution in [0.3, 0.4) is 0 Å². The molecule has 0 heterocycles. The minimum absolute atomic E-state index is 0.0882. The Morgan fingerprint density at radius 1 is 0.350 bits per heavy atom. The summed E-state index contributed by atoms with van der Waals surface area (Å²) in [6, 6.07) is 0. The van der Waals surface area contributed by atoms with Gasteiger partial charge in [0.15, 0.2) is 6.10 Å². The molecule has 0 N–H and O–H groups in total. The Morgan fingerprint density at radius 2 is 0.667 bits per heavy atom. The highest BCUT2D eigenvalue weighted by molar-refractivity contribution is 5.71. The summed E-state index contributed by atoms with van der Waals surface area (Å²) >= 11 is 0. The van der Waals surface area contributed by atoms with Crippen LogP contribution in [0.1, 0.15) is 245 Å². The summed E-state index contributed by atoms with van der Waals surface area (Å²) in [4.78, 5) is 37.9. The molecular formula is C54H94O6. The highest BCUT2D eigenvalue weighted by Crippen LogP contribution is 2.14. The normalized spacial score (nSPS) is 12.5. The first kappa shape index (κ1) is 57.1. The van der Waals surface area contributed by atoms with Gasteiger partial charge in [-0.15, -0.1) is 0 Å². The summed E-state index contributed by atoms with van der Waals surface area (Å²) in [7, 11) is 0. The van der Waals surface area contributed by atoms with Crippen molar-refractivity contribution in [3.8, 4) is 0 Å². The van der Waals surface area contributed by atoms with Crippen LogP contribution in [0.5, 0.6) is 0 Å². The van der Waals surface area contributed by atoms with Crippen molar-refractivity contribution in [2.75, 3.05) is 13.2 Å². The van der Waals surface area contributed by atoms with Crippen LogP contribution in [0.4, 0.5) is 0 Å². The quantitative estimate of drug-likeness (QED) is 0.0263. The molecule has 6 nitrogen and oxygen atoms in total. The van der Waals surface area contributed by atoms with Crippen molar-refractivity contribution >= 4 is 17.9 Å². The Kier molecular flexibility index (Phi) is 46.4. The predicted molar refractivity (Wildman–Crippen MR) is 256 cm³/mol. The molecule has 0 aromatic heterocycles. The van der Waals surface area contributed by atoms with Crippen molar-refractivity contribution in [1.29, 1.82) is 0 Å². The van der Waals surface area contributed by atoms with E-state index in [1.807, 2.05) is 0 Å². The standard InChI is InChI=1S/C54H94O6/c1-4-7-10-13-16-19-22-24-26-27-28-30-32-35-38-41-44-47-53(56)59-50-51(49-58-52(55)46-43-40-37-34-31-21-18-15-12-9-6-3)60-54(57)48-45-42-39-36-33-29-25-23-20-17-14-11-8-5-2/h8,11,15,17-18,20,24-26,29,51H,4-7,9-10,12-14,16,19,21-23,27-28,30-50H2,1-3H3/b11-8-,18-15-,20-17-,26-24-,29-25-. The third-order valence-corrected chi connectivity index (χ3v) is 10.7. The van der Waals surface area contributed by atoms with Gasteiger partial charge < -0.3 is 14.2 Å². The van der Waals surface area contributed by atoms with Crippen LogP contribution >= 0.6 is 0 Å². The lowest BCUT2D eigenvalue weighted by Gasteiger charge is -2.18. The molecule has 6 heteroatoms. The van der Waals surface area contributed by atoms with Crippen LogP contribution in [0, 0.1) is 0 Å². The highest BCUT2D eigenvalue weighted by Gasteiger charge is 2.19. The molecule has 60 heavy (non-hydrogen) atoms. The predicted octanol–water partition coefficient (Wildman–Crippen LogP) is 16.5. The molecule has 0 fully saturated rings. The largest absolute Gasteiger partial charge is 0.462 e. The van der Waals surface area contributed by atoms with Gasteiger partial charge in [-0.2, -0.15) is 0 Å². The summed E-state index contributed by atoms with van der Waals surface area (Å²) in [6.45, 7) is 6.45. The smallest absolute Gasteiger partial charge is 0.306 e. The molecule has 1 atom stereocenters. The van der Waals surface area contributed by atoms with Crippen LogP contribution < -0.4 is 0 Å². The van der Waals surface area contributed by atoms with Gasteiger partial charge in [0, 0.05) is 19.3 Å². The van der Waals surface area contributed by atoms with E-state index < -0.39 is 6.10 Å². The summed E-state index contributed by atoms with van der Waals surface area (Å²) < 4.78 is 16.7. The van der Waals surface area contributed by atoms with Gasteiger partial charge in [-0.1, -0.05) is 191 Å². The van der Waals surface area contributed by atoms with Gasteiger partial charge in [0.1, 0.15) is 13.2 Å². The van der Waals surface area contributed by atoms with Gasteiger partial charge in [-0.3, -0.25) is 14.4 Å². The summed E-state index contributed by atoms with van der Waals surface area (Å²) in [5.41, 5.74) is 0. The number of carbonyl (C=O) groups excluding carboxylic acids is 3. The molecule has 1 unspecified atom stereocenters. The fourth-order valence-corrected chi connectivity index (χ4v) is 6.90. The lowest BCUT2D eigenvalue weighted by Crippen LogP contribution is -2.30. The third kappa shape index (κ3) is 46.2. The number of unbranched alkanes of at least 4 members (excludes halogenated alkanes) is 24. The Hall–Kier alpha value is -2.89. The Morgan fingerprint density at radius 3 is 1.08 bits per heavy atom. The monoisotopic (exact) mass is 839 g/mol. The Labute approximate surface area is 370 Å². The topological polar surface area (TPSA) is 78.9 Å². The average Bonchev–Trinajstić information content (AvgIpc) is 3.24. The molecule has 0 rings (SSSR count). The molecule has 346 valence electrons. The first-order chi connectivity index (χ1) is 29.5. The van der Waals surface area contributed by atoms with Gasteiger partial charge in [-0.05, 0) is 96.3 Å². The zero-order valence-corrected chi connectivity index (χ0v) is 39.5. The number of esters is 3. The molecule has 0 aromatic rings. The van der Waals surface area contributed by atoms with Gasteiger partial charge in [0.05, 0.1) is 0 Å². The number of carbonyl (C=O) groups is 3. The van der Waals surface area contributed by atoms with Gasteiger partial charge >= 0.3 is 17.9 Å². The third-order valence-electron chi connectivity index (χ3n) is 10.7. The minimum atomic E-state index is -0.789. The SMILES string of the molecule is CC/C=C\C/C=C\C/C=C\CCCCCCC(=O)OC(COC(=O)CCCCCCC/C=C\CCCC)COC(=O)CCCCCCCCC/C=C\CCCCCCCC. The number of ether oxygens (including phenoxy) is 3. The molecule has 0 aliphatic carbocycles. The minimum Gasteiger partial charge on any atom is -0.462 e. The fraction of sp³-hybridized carbons (Fsp3) is 0.759. The van der Waals surface area contributed by atoms with Crippen molar-refractivity contribution in [3.63, 3.8) is 0 Å². The van der Waals surface area contributed by atoms with E-state index in [2.05, 4.69) is 81.5 Å². The first-order valence-corrected chi connectivity index (χ1v) is 25.3. The van der Waals surface area contributed by atoms with Crippen LogP contribution in [-0.2, 0) is 28.6 Å². The molecule has 0 amide bonds. The van der Waals surface area contributed by atoms with E-state index in [1.165, 1.54) is 109 Å². The van der Waals surface area contributed by atoms with E-state index in [0.717, 1.165) is 96.3 Å². The van der Waals surface area contributed by atoms with E-state index in [4.69, 9.17) is 14.2 Å². The highest BCUT2D eigenvalue weighted by atomic mass is 16.6. The molecular weight excluding hydrogens is 745 g/mol. The molecule has 0 aliphatic heterocycles. The fourth-order valence-electron chi connectivity index (χ4n) is 6.90. The van der Waals surface area contributed by atoms with Crippen LogP contribution in [0.2, 0.25) is 0 Å². The molecule has 0 radical (unpaired) electrons. The zero-order valence-electron chi connectivity index (χ0n) is 39.5. The van der Waals surface area contributed by atoms with E-state index in [1.54, 1.807) is 0 Å². The van der Waals surface area contributed by atoms with Gasteiger partial charge in [0.2, 0.25) is 0 Å². The van der Waals surface area contributed by atoms with Crippen LogP contribution in [-0.4, -0.2) is 37.2 Å². The second-order valence-corrected chi connectivity index (χ2v) is 16.7. The molecule has 0 spiro atoms. The van der Waals surface area contributed by atoms with E-state index in [-0.39, 0.29) is 31.1 Å². The second-order valence-electron chi connectivity index (χ2n) is 16.7. The van der Waals surface area contributed by atoms with Crippen molar-refractivity contribution in [3.05, 3.63) is 60.8 Å².